The molecule has 0 saturated carbocycles. The molecule has 2 heterocycles. The number of hydrogen-bond acceptors (Lipinski definition) is 3. The molecule has 2 atom stereocenters. The van der Waals surface area contributed by atoms with E-state index in [9.17, 15) is 13.9 Å². The van der Waals surface area contributed by atoms with Crippen LogP contribution in [0.5, 0.6) is 0 Å². The molecule has 2 N–H and O–H groups in total. The Balaban J connectivity index is 1.50. The Kier molecular flexibility index (Phi) is 4.56. The molecule has 4 rings (SSSR count). The zero-order valence-corrected chi connectivity index (χ0v) is 14.1. The summed E-state index contributed by atoms with van der Waals surface area (Å²) in [5.41, 5.74) is 2.57. The molecule has 1 saturated heterocycles. The van der Waals surface area contributed by atoms with Crippen LogP contribution in [0.2, 0.25) is 0 Å². The maximum atomic E-state index is 13.9. The van der Waals surface area contributed by atoms with Crippen molar-refractivity contribution in [3.8, 4) is 0 Å². The van der Waals surface area contributed by atoms with E-state index in [1.165, 1.54) is 36.4 Å². The number of aryl methyl sites for hydroxylation is 2. The van der Waals surface area contributed by atoms with Crippen LogP contribution in [0.4, 0.5) is 8.78 Å². The van der Waals surface area contributed by atoms with E-state index in [-0.39, 0.29) is 11.6 Å². The highest BCUT2D eigenvalue weighted by Crippen LogP contribution is 2.34. The van der Waals surface area contributed by atoms with Crippen LogP contribution in [0.25, 0.3) is 0 Å². The summed E-state index contributed by atoms with van der Waals surface area (Å²) in [6.45, 7) is 1.16. The van der Waals surface area contributed by atoms with Gasteiger partial charge >= 0.3 is 0 Å². The number of likely N-dealkylation sites (tertiary alicyclic amines) is 1. The summed E-state index contributed by atoms with van der Waals surface area (Å²) in [6.07, 6.45) is 5.49. The molecule has 0 spiro atoms. The van der Waals surface area contributed by atoms with E-state index in [1.54, 1.807) is 0 Å². The zero-order valence-electron chi connectivity index (χ0n) is 14.1. The van der Waals surface area contributed by atoms with Crippen molar-refractivity contribution in [3.63, 3.8) is 0 Å². The zero-order chi connectivity index (χ0) is 17.4. The Morgan fingerprint density at radius 1 is 1.24 bits per heavy atom. The van der Waals surface area contributed by atoms with Crippen LogP contribution in [-0.4, -0.2) is 33.1 Å². The highest BCUT2D eigenvalue weighted by atomic mass is 19.1. The van der Waals surface area contributed by atoms with Crippen LogP contribution in [0.3, 0.4) is 0 Å². The number of aromatic nitrogens is 2. The van der Waals surface area contributed by atoms with E-state index in [2.05, 4.69) is 9.88 Å². The van der Waals surface area contributed by atoms with Crippen molar-refractivity contribution >= 4 is 0 Å². The maximum Gasteiger partial charge on any atom is 0.131 e. The molecule has 25 heavy (non-hydrogen) atoms. The Hall–Kier alpha value is -1.79. The molecule has 1 aromatic heterocycles. The Morgan fingerprint density at radius 2 is 2.08 bits per heavy atom. The summed E-state index contributed by atoms with van der Waals surface area (Å²) in [5.74, 6) is -0.360. The number of aliphatic hydroxyl groups is 1. The number of benzene rings is 1. The minimum Gasteiger partial charge on any atom is -0.387 e. The number of nitrogens with one attached hydrogen (secondary N) is 1. The third-order valence-electron chi connectivity index (χ3n) is 5.38. The molecular weight excluding hydrogens is 324 g/mol. The van der Waals surface area contributed by atoms with Crippen molar-refractivity contribution in [2.75, 3.05) is 13.1 Å². The van der Waals surface area contributed by atoms with Gasteiger partial charge in [0.1, 0.15) is 17.5 Å². The standard InChI is InChI=1S/C19H23F2N3O/c20-12-7-8-13(14(21)10-12)18(25)11-24-9-3-6-17(24)19-22-15-4-1-2-5-16(15)23-19/h7-8,10,17-18,25H,1-6,9,11H2,(H,22,23)/t17-,18-/m1/s1. The van der Waals surface area contributed by atoms with Crippen LogP contribution in [0.15, 0.2) is 18.2 Å². The second kappa shape index (κ2) is 6.84. The highest BCUT2D eigenvalue weighted by Gasteiger charge is 2.31. The topological polar surface area (TPSA) is 52.1 Å². The largest absolute Gasteiger partial charge is 0.387 e. The monoisotopic (exact) mass is 347 g/mol. The van der Waals surface area contributed by atoms with Gasteiger partial charge in [0.2, 0.25) is 0 Å². The lowest BCUT2D eigenvalue weighted by Crippen LogP contribution is -2.29. The summed E-state index contributed by atoms with van der Waals surface area (Å²) in [5, 5.41) is 10.4. The lowest BCUT2D eigenvalue weighted by molar-refractivity contribution is 0.101. The number of nitrogens with zero attached hydrogens (tertiary/aromatic N) is 2. The van der Waals surface area contributed by atoms with Crippen molar-refractivity contribution in [1.29, 1.82) is 0 Å². The van der Waals surface area contributed by atoms with E-state index in [0.29, 0.717) is 6.54 Å². The molecular formula is C19H23F2N3O. The fourth-order valence-corrected chi connectivity index (χ4v) is 4.08. The molecule has 1 fully saturated rings. The predicted octanol–water partition coefficient (Wildman–Crippen LogP) is 3.44. The summed E-state index contributed by atoms with van der Waals surface area (Å²) < 4.78 is 27.0. The summed E-state index contributed by atoms with van der Waals surface area (Å²) in [7, 11) is 0. The highest BCUT2D eigenvalue weighted by molar-refractivity contribution is 5.22. The molecule has 2 aromatic rings. The maximum absolute atomic E-state index is 13.9. The van der Waals surface area contributed by atoms with Crippen LogP contribution in [0, 0.1) is 11.6 Å². The van der Waals surface area contributed by atoms with Gasteiger partial charge in [-0.2, -0.15) is 0 Å². The number of fused-ring (bicyclic) bond motifs is 1. The number of aromatic amines is 1. The van der Waals surface area contributed by atoms with Crippen molar-refractivity contribution in [1.82, 2.24) is 14.9 Å². The van der Waals surface area contributed by atoms with Gasteiger partial charge in [-0.25, -0.2) is 13.8 Å². The Bertz CT molecular complexity index is 738. The predicted molar refractivity (Wildman–Crippen MR) is 90.1 cm³/mol. The number of imidazole rings is 1. The molecule has 0 amide bonds. The molecule has 1 aromatic carbocycles. The van der Waals surface area contributed by atoms with Gasteiger partial charge in [0.25, 0.3) is 0 Å². The third kappa shape index (κ3) is 3.33. The van der Waals surface area contributed by atoms with Gasteiger partial charge in [0.15, 0.2) is 0 Å². The molecule has 0 radical (unpaired) electrons. The van der Waals surface area contributed by atoms with Gasteiger partial charge in [-0.15, -0.1) is 0 Å². The number of rotatable bonds is 4. The molecule has 134 valence electrons. The van der Waals surface area contributed by atoms with Crippen LogP contribution in [-0.2, 0) is 12.8 Å². The average molecular weight is 347 g/mol. The molecule has 2 aliphatic rings. The van der Waals surface area contributed by atoms with E-state index < -0.39 is 17.7 Å². The first-order valence-electron chi connectivity index (χ1n) is 9.06. The lowest BCUT2D eigenvalue weighted by atomic mass is 10.0. The minimum atomic E-state index is -0.981. The molecule has 0 unspecified atom stereocenters. The normalized spacial score (nSPS) is 22.1. The second-order valence-corrected chi connectivity index (χ2v) is 7.09. The van der Waals surface area contributed by atoms with E-state index in [4.69, 9.17) is 4.98 Å². The van der Waals surface area contributed by atoms with Crippen molar-refractivity contribution in [2.24, 2.45) is 0 Å². The first kappa shape index (κ1) is 16.7. The molecule has 1 aliphatic heterocycles. The summed E-state index contributed by atoms with van der Waals surface area (Å²) in [4.78, 5) is 10.4. The van der Waals surface area contributed by atoms with Gasteiger partial charge in [-0.05, 0) is 51.1 Å². The third-order valence-corrected chi connectivity index (χ3v) is 5.38. The first-order chi connectivity index (χ1) is 12.1. The molecule has 1 aliphatic carbocycles. The van der Waals surface area contributed by atoms with E-state index >= 15 is 0 Å². The van der Waals surface area contributed by atoms with Gasteiger partial charge in [0, 0.05) is 23.9 Å². The van der Waals surface area contributed by atoms with Gasteiger partial charge in [-0.3, -0.25) is 4.90 Å². The van der Waals surface area contributed by atoms with E-state index in [0.717, 1.165) is 44.1 Å². The summed E-state index contributed by atoms with van der Waals surface area (Å²) in [6, 6.07) is 3.46. The van der Waals surface area contributed by atoms with Crippen molar-refractivity contribution < 1.29 is 13.9 Å². The molecule has 6 heteroatoms. The van der Waals surface area contributed by atoms with Gasteiger partial charge < -0.3 is 10.1 Å². The first-order valence-corrected chi connectivity index (χ1v) is 9.06. The quantitative estimate of drug-likeness (QED) is 0.891. The van der Waals surface area contributed by atoms with Crippen LogP contribution < -0.4 is 0 Å². The minimum absolute atomic E-state index is 0.128. The van der Waals surface area contributed by atoms with Gasteiger partial charge in [0.05, 0.1) is 17.8 Å². The number of halogens is 2. The number of hydrogen-bond donors (Lipinski definition) is 2. The lowest BCUT2D eigenvalue weighted by Gasteiger charge is -2.26. The van der Waals surface area contributed by atoms with Crippen molar-refractivity contribution in [3.05, 3.63) is 52.6 Å². The molecule has 0 bridgehead atoms. The summed E-state index contributed by atoms with van der Waals surface area (Å²) >= 11 is 0. The second-order valence-electron chi connectivity index (χ2n) is 7.09. The Morgan fingerprint density at radius 3 is 2.88 bits per heavy atom. The molecule has 4 nitrogen and oxygen atoms in total. The SMILES string of the molecule is O[C@H](CN1CCC[C@@H]1c1nc2c([nH]1)CCCC2)c1ccc(F)cc1F. The number of H-pyrrole nitrogens is 1. The average Bonchev–Trinajstić information content (AvgIpc) is 3.20. The number of aliphatic hydroxyl groups excluding tert-OH is 1. The number of β-amino-alcohol motifs (C(OH)–C–C–N with tert-alkyl or cyclic N) is 1. The fraction of sp³-hybridized carbons (Fsp3) is 0.526. The van der Waals surface area contributed by atoms with Crippen molar-refractivity contribution in [2.45, 2.75) is 50.7 Å². The van der Waals surface area contributed by atoms with Gasteiger partial charge in [-0.1, -0.05) is 6.07 Å². The van der Waals surface area contributed by atoms with E-state index in [1.807, 2.05) is 0 Å². The smallest absolute Gasteiger partial charge is 0.131 e. The van der Waals surface area contributed by atoms with Crippen LogP contribution in [0.1, 0.15) is 60.6 Å². The van der Waals surface area contributed by atoms with Crippen LogP contribution >= 0.6 is 0 Å². The Labute approximate surface area is 145 Å². The fourth-order valence-electron chi connectivity index (χ4n) is 4.08.